The van der Waals surface area contributed by atoms with Crippen LogP contribution in [0.2, 0.25) is 0 Å². The number of carbonyl (C=O) groups excluding carboxylic acids is 1. The lowest BCUT2D eigenvalue weighted by atomic mass is 10.1. The van der Waals surface area contributed by atoms with Gasteiger partial charge in [-0.15, -0.1) is 11.8 Å². The van der Waals surface area contributed by atoms with Crippen molar-refractivity contribution in [3.63, 3.8) is 0 Å². The van der Waals surface area contributed by atoms with Crippen LogP contribution in [0.3, 0.4) is 0 Å². The predicted molar refractivity (Wildman–Crippen MR) is 85.2 cm³/mol. The highest BCUT2D eigenvalue weighted by Crippen LogP contribution is 2.39. The number of nitrogens with zero attached hydrogens (tertiary/aromatic N) is 1. The second-order valence-electron chi connectivity index (χ2n) is 4.94. The zero-order valence-corrected chi connectivity index (χ0v) is 12.7. The van der Waals surface area contributed by atoms with Crippen LogP contribution < -0.4 is 4.74 Å². The standard InChI is InChI=1S/C17H17NO2S/c1-20-15-9-7-14(8-10-15)17-18(16(19)12-21-17)11-13-5-3-2-4-6-13/h2-10,17H,11-12H2,1H3/t17-/m1/s1. The van der Waals surface area contributed by atoms with Gasteiger partial charge in [-0.3, -0.25) is 4.79 Å². The molecule has 1 atom stereocenters. The molecule has 3 nitrogen and oxygen atoms in total. The summed E-state index contributed by atoms with van der Waals surface area (Å²) in [5.41, 5.74) is 2.30. The van der Waals surface area contributed by atoms with Crippen LogP contribution in [0.4, 0.5) is 0 Å². The SMILES string of the molecule is COc1ccc([C@H]2SCC(=O)N2Cc2ccccc2)cc1. The Kier molecular flexibility index (Phi) is 4.15. The largest absolute Gasteiger partial charge is 0.497 e. The molecule has 4 heteroatoms. The van der Waals surface area contributed by atoms with Crippen molar-refractivity contribution in [3.8, 4) is 5.75 Å². The summed E-state index contributed by atoms with van der Waals surface area (Å²) in [4.78, 5) is 14.1. The maximum Gasteiger partial charge on any atom is 0.234 e. The van der Waals surface area contributed by atoms with Gasteiger partial charge in [0, 0.05) is 6.54 Å². The Morgan fingerprint density at radius 3 is 2.52 bits per heavy atom. The van der Waals surface area contributed by atoms with Crippen LogP contribution in [0.15, 0.2) is 54.6 Å². The molecule has 0 aromatic heterocycles. The molecule has 108 valence electrons. The molecular weight excluding hydrogens is 282 g/mol. The Hall–Kier alpha value is -1.94. The highest BCUT2D eigenvalue weighted by atomic mass is 32.2. The third kappa shape index (κ3) is 3.05. The molecule has 1 amide bonds. The highest BCUT2D eigenvalue weighted by molar-refractivity contribution is 8.00. The second kappa shape index (κ2) is 6.22. The summed E-state index contributed by atoms with van der Waals surface area (Å²) in [6.45, 7) is 0.656. The van der Waals surface area contributed by atoms with Crippen LogP contribution in [-0.4, -0.2) is 23.7 Å². The molecule has 3 rings (SSSR count). The number of amides is 1. The van der Waals surface area contributed by atoms with Crippen LogP contribution >= 0.6 is 11.8 Å². The van der Waals surface area contributed by atoms with Crippen molar-refractivity contribution in [1.29, 1.82) is 0 Å². The normalized spacial score (nSPS) is 18.0. The number of methoxy groups -OCH3 is 1. The van der Waals surface area contributed by atoms with Gasteiger partial charge in [-0.1, -0.05) is 42.5 Å². The summed E-state index contributed by atoms with van der Waals surface area (Å²) in [5.74, 6) is 1.58. The number of hydrogen-bond donors (Lipinski definition) is 0. The molecule has 1 aliphatic rings. The van der Waals surface area contributed by atoms with Crippen LogP contribution in [-0.2, 0) is 11.3 Å². The van der Waals surface area contributed by atoms with Gasteiger partial charge in [-0.25, -0.2) is 0 Å². The monoisotopic (exact) mass is 299 g/mol. The summed E-state index contributed by atoms with van der Waals surface area (Å²) < 4.78 is 5.19. The predicted octanol–water partition coefficient (Wildman–Crippen LogP) is 3.47. The number of rotatable bonds is 4. The third-order valence-corrected chi connectivity index (χ3v) is 4.82. The summed E-state index contributed by atoms with van der Waals surface area (Å²) in [5, 5.41) is 0.0867. The van der Waals surface area contributed by atoms with E-state index < -0.39 is 0 Å². The molecule has 0 unspecified atom stereocenters. The van der Waals surface area contributed by atoms with Crippen LogP contribution in [0, 0.1) is 0 Å². The maximum atomic E-state index is 12.2. The maximum absolute atomic E-state index is 12.2. The van der Waals surface area contributed by atoms with E-state index in [-0.39, 0.29) is 11.3 Å². The smallest absolute Gasteiger partial charge is 0.234 e. The van der Waals surface area contributed by atoms with Crippen LogP contribution in [0.1, 0.15) is 16.5 Å². The first-order valence-electron chi connectivity index (χ1n) is 6.87. The van der Waals surface area contributed by atoms with E-state index in [4.69, 9.17) is 4.74 Å². The summed E-state index contributed by atoms with van der Waals surface area (Å²) in [6.07, 6.45) is 0. The fraction of sp³-hybridized carbons (Fsp3) is 0.235. The van der Waals surface area contributed by atoms with E-state index in [0.29, 0.717) is 12.3 Å². The van der Waals surface area contributed by atoms with Crippen LogP contribution in [0.5, 0.6) is 5.75 Å². The number of ether oxygens (including phenoxy) is 1. The van der Waals surface area contributed by atoms with Gasteiger partial charge in [0.1, 0.15) is 11.1 Å². The zero-order valence-electron chi connectivity index (χ0n) is 11.9. The Bertz CT molecular complexity index is 612. The molecule has 2 aromatic carbocycles. The van der Waals surface area contributed by atoms with Gasteiger partial charge >= 0.3 is 0 Å². The first kappa shape index (κ1) is 14.0. The van der Waals surface area contributed by atoms with Crippen LogP contribution in [0.25, 0.3) is 0 Å². The molecule has 1 aliphatic heterocycles. The molecule has 1 heterocycles. The molecule has 1 saturated heterocycles. The minimum absolute atomic E-state index is 0.0867. The molecule has 0 bridgehead atoms. The fourth-order valence-corrected chi connectivity index (χ4v) is 3.64. The van der Waals surface area contributed by atoms with Gasteiger partial charge in [0.2, 0.25) is 5.91 Å². The van der Waals surface area contributed by atoms with Crippen molar-refractivity contribution in [3.05, 3.63) is 65.7 Å². The number of carbonyl (C=O) groups is 1. The molecule has 0 aliphatic carbocycles. The van der Waals surface area contributed by atoms with Gasteiger partial charge in [-0.05, 0) is 23.3 Å². The van der Waals surface area contributed by atoms with Crippen molar-refractivity contribution >= 4 is 17.7 Å². The minimum Gasteiger partial charge on any atom is -0.497 e. The van der Waals surface area contributed by atoms with Crippen molar-refractivity contribution in [2.24, 2.45) is 0 Å². The topological polar surface area (TPSA) is 29.5 Å². The Morgan fingerprint density at radius 2 is 1.86 bits per heavy atom. The van der Waals surface area contributed by atoms with Crippen molar-refractivity contribution in [2.45, 2.75) is 11.9 Å². The molecule has 0 N–H and O–H groups in total. The van der Waals surface area contributed by atoms with E-state index in [0.717, 1.165) is 16.9 Å². The first-order valence-corrected chi connectivity index (χ1v) is 7.92. The van der Waals surface area contributed by atoms with Gasteiger partial charge in [-0.2, -0.15) is 0 Å². The lowest BCUT2D eigenvalue weighted by Crippen LogP contribution is -2.27. The molecule has 21 heavy (non-hydrogen) atoms. The number of benzene rings is 2. The van der Waals surface area contributed by atoms with Gasteiger partial charge < -0.3 is 9.64 Å². The van der Waals surface area contributed by atoms with Crippen molar-refractivity contribution < 1.29 is 9.53 Å². The first-order chi connectivity index (χ1) is 10.3. The quantitative estimate of drug-likeness (QED) is 0.866. The molecule has 0 radical (unpaired) electrons. The highest BCUT2D eigenvalue weighted by Gasteiger charge is 2.32. The Morgan fingerprint density at radius 1 is 1.14 bits per heavy atom. The van der Waals surface area contributed by atoms with Gasteiger partial charge in [0.15, 0.2) is 0 Å². The Labute approximate surface area is 128 Å². The molecular formula is C17H17NO2S. The van der Waals surface area contributed by atoms with E-state index in [2.05, 4.69) is 12.1 Å². The van der Waals surface area contributed by atoms with Crippen molar-refractivity contribution in [1.82, 2.24) is 4.90 Å². The van der Waals surface area contributed by atoms with Gasteiger partial charge in [0.05, 0.1) is 12.9 Å². The summed E-state index contributed by atoms with van der Waals surface area (Å²) in [7, 11) is 1.66. The third-order valence-electron chi connectivity index (χ3n) is 3.56. The van der Waals surface area contributed by atoms with E-state index >= 15 is 0 Å². The second-order valence-corrected chi connectivity index (χ2v) is 6.01. The molecule has 0 saturated carbocycles. The lowest BCUT2D eigenvalue weighted by molar-refractivity contribution is -0.128. The lowest BCUT2D eigenvalue weighted by Gasteiger charge is -2.24. The van der Waals surface area contributed by atoms with E-state index in [1.54, 1.807) is 18.9 Å². The molecule has 2 aromatic rings. The van der Waals surface area contributed by atoms with E-state index in [1.165, 1.54) is 0 Å². The molecule has 1 fully saturated rings. The fourth-order valence-electron chi connectivity index (χ4n) is 2.45. The molecule has 0 spiro atoms. The zero-order chi connectivity index (χ0) is 14.7. The summed E-state index contributed by atoms with van der Waals surface area (Å²) in [6, 6.07) is 18.1. The average molecular weight is 299 g/mol. The Balaban J connectivity index is 1.81. The van der Waals surface area contributed by atoms with Gasteiger partial charge in [0.25, 0.3) is 0 Å². The number of hydrogen-bond acceptors (Lipinski definition) is 3. The average Bonchev–Trinajstić information content (AvgIpc) is 2.90. The summed E-state index contributed by atoms with van der Waals surface area (Å²) >= 11 is 1.68. The van der Waals surface area contributed by atoms with E-state index in [9.17, 15) is 4.79 Å². The number of thioether (sulfide) groups is 1. The minimum atomic E-state index is 0.0867. The van der Waals surface area contributed by atoms with Crippen molar-refractivity contribution in [2.75, 3.05) is 12.9 Å². The van der Waals surface area contributed by atoms with E-state index in [1.807, 2.05) is 47.4 Å².